The number of esters is 1. The zero-order chi connectivity index (χ0) is 27.1. The maximum Gasteiger partial charge on any atom is 0.340 e. The van der Waals surface area contributed by atoms with Crippen LogP contribution in [0.3, 0.4) is 0 Å². The Morgan fingerprint density at radius 2 is 1.92 bits per heavy atom. The number of amides is 1. The Morgan fingerprint density at radius 1 is 1.13 bits per heavy atom. The van der Waals surface area contributed by atoms with Crippen molar-refractivity contribution in [2.24, 2.45) is 0 Å². The number of benzene rings is 2. The van der Waals surface area contributed by atoms with E-state index in [0.29, 0.717) is 29.1 Å². The second-order valence-corrected chi connectivity index (χ2v) is 11.1. The van der Waals surface area contributed by atoms with Crippen LogP contribution in [0.1, 0.15) is 51.7 Å². The summed E-state index contributed by atoms with van der Waals surface area (Å²) in [6.45, 7) is 3.27. The Labute approximate surface area is 231 Å². The first-order chi connectivity index (χ1) is 19.0. The summed E-state index contributed by atoms with van der Waals surface area (Å²) >= 11 is 1.41. The van der Waals surface area contributed by atoms with Crippen LogP contribution in [0.4, 0.5) is 5.00 Å². The van der Waals surface area contributed by atoms with Crippen molar-refractivity contribution in [2.75, 3.05) is 18.9 Å². The first-order valence-electron chi connectivity index (χ1n) is 13.2. The first kappa shape index (κ1) is 25.2. The third kappa shape index (κ3) is 4.48. The number of nitrogens with zero attached hydrogens (tertiary/aromatic N) is 3. The van der Waals surface area contributed by atoms with Gasteiger partial charge in [0.15, 0.2) is 6.10 Å². The second-order valence-electron chi connectivity index (χ2n) is 10.1. The maximum atomic E-state index is 13.7. The Bertz CT molecular complexity index is 1670. The van der Waals surface area contributed by atoms with Gasteiger partial charge >= 0.3 is 5.97 Å². The van der Waals surface area contributed by atoms with Crippen LogP contribution >= 0.6 is 11.3 Å². The number of nitriles is 1. The highest BCUT2D eigenvalue weighted by Crippen LogP contribution is 2.44. The average Bonchev–Trinajstić information content (AvgIpc) is 3.31. The van der Waals surface area contributed by atoms with E-state index in [1.807, 2.05) is 50.4 Å². The number of thiophene rings is 1. The van der Waals surface area contributed by atoms with E-state index in [0.717, 1.165) is 64.0 Å². The minimum atomic E-state index is -1.00. The SMILES string of the molecule is CCC(OC(=O)c1c2c(nc3ccccc13)CCN(C)C2)C(=O)Nc1sc2c(c1C#N)CCc1ccccc1-2. The number of rotatable bonds is 5. The number of pyridine rings is 1. The van der Waals surface area contributed by atoms with Gasteiger partial charge in [-0.2, -0.15) is 5.26 Å². The summed E-state index contributed by atoms with van der Waals surface area (Å²) in [6, 6.07) is 18.0. The number of hydrogen-bond acceptors (Lipinski definition) is 7. The molecule has 0 bridgehead atoms. The number of nitrogens with one attached hydrogen (secondary N) is 1. The van der Waals surface area contributed by atoms with Gasteiger partial charge in [0.05, 0.1) is 16.6 Å². The molecule has 1 N–H and O–H groups in total. The van der Waals surface area contributed by atoms with E-state index < -0.39 is 18.0 Å². The molecule has 2 aromatic carbocycles. The molecule has 7 nitrogen and oxygen atoms in total. The van der Waals surface area contributed by atoms with Crippen LogP contribution in [0.15, 0.2) is 48.5 Å². The van der Waals surface area contributed by atoms with Crippen LogP contribution in [0.5, 0.6) is 0 Å². The van der Waals surface area contributed by atoms with Gasteiger partial charge in [-0.15, -0.1) is 11.3 Å². The van der Waals surface area contributed by atoms with Crippen LogP contribution in [-0.4, -0.2) is 41.5 Å². The molecule has 1 atom stereocenters. The van der Waals surface area contributed by atoms with E-state index in [1.54, 1.807) is 0 Å². The summed E-state index contributed by atoms with van der Waals surface area (Å²) in [5, 5.41) is 14.1. The molecule has 1 aliphatic carbocycles. The molecule has 0 spiro atoms. The molecule has 8 heteroatoms. The van der Waals surface area contributed by atoms with Gasteiger partial charge in [-0.05, 0) is 49.1 Å². The second kappa shape index (κ2) is 10.3. The number of aromatic nitrogens is 1. The van der Waals surface area contributed by atoms with Gasteiger partial charge in [-0.3, -0.25) is 9.78 Å². The molecular formula is C31H28N4O3S. The highest BCUT2D eigenvalue weighted by atomic mass is 32.1. The molecule has 2 aliphatic rings. The molecule has 4 aromatic rings. The monoisotopic (exact) mass is 536 g/mol. The number of hydrogen-bond donors (Lipinski definition) is 1. The fraction of sp³-hybridized carbons (Fsp3) is 0.290. The molecule has 0 saturated carbocycles. The number of anilines is 1. The number of carbonyl (C=O) groups is 2. The van der Waals surface area contributed by atoms with Crippen molar-refractivity contribution in [2.45, 2.75) is 45.3 Å². The fourth-order valence-electron chi connectivity index (χ4n) is 5.61. The summed E-state index contributed by atoms with van der Waals surface area (Å²) < 4.78 is 5.89. The van der Waals surface area contributed by atoms with E-state index in [-0.39, 0.29) is 0 Å². The summed E-state index contributed by atoms with van der Waals surface area (Å²) in [5.74, 6) is -0.958. The summed E-state index contributed by atoms with van der Waals surface area (Å²) in [4.78, 5) is 35.1. The van der Waals surface area contributed by atoms with Crippen molar-refractivity contribution in [3.05, 3.63) is 82.0 Å². The standard InChI is InChI=1S/C31H28N4O3S/c1-3-26(29(36)34-30-22(16-32)20-13-12-18-8-4-5-9-19(18)28(20)39-30)38-31(37)27-21-10-6-7-11-24(21)33-25-14-15-35(2)17-23(25)27/h4-11,26H,3,12-15,17H2,1-2H3,(H,34,36). The van der Waals surface area contributed by atoms with E-state index in [1.165, 1.54) is 16.9 Å². The minimum Gasteiger partial charge on any atom is -0.449 e. The maximum absolute atomic E-state index is 13.7. The third-order valence-corrected chi connectivity index (χ3v) is 8.80. The summed E-state index contributed by atoms with van der Waals surface area (Å²) in [6.07, 6.45) is 1.66. The van der Waals surface area contributed by atoms with Crippen molar-refractivity contribution in [1.29, 1.82) is 5.26 Å². The summed E-state index contributed by atoms with van der Waals surface area (Å²) in [7, 11) is 2.02. The number of aryl methyl sites for hydroxylation is 1. The number of fused-ring (bicyclic) bond motifs is 5. The predicted molar refractivity (Wildman–Crippen MR) is 152 cm³/mol. The minimum absolute atomic E-state index is 0.304. The van der Waals surface area contributed by atoms with Gasteiger partial charge in [-0.1, -0.05) is 49.4 Å². The highest BCUT2D eigenvalue weighted by molar-refractivity contribution is 7.20. The quantitative estimate of drug-likeness (QED) is 0.339. The largest absolute Gasteiger partial charge is 0.449 e. The van der Waals surface area contributed by atoms with Crippen molar-refractivity contribution in [1.82, 2.24) is 9.88 Å². The lowest BCUT2D eigenvalue weighted by molar-refractivity contribution is -0.124. The van der Waals surface area contributed by atoms with Gasteiger partial charge in [0, 0.05) is 41.0 Å². The molecule has 39 heavy (non-hydrogen) atoms. The van der Waals surface area contributed by atoms with Crippen LogP contribution < -0.4 is 5.32 Å². The van der Waals surface area contributed by atoms with Gasteiger partial charge in [0.2, 0.25) is 0 Å². The van der Waals surface area contributed by atoms with Gasteiger partial charge < -0.3 is 15.0 Å². The highest BCUT2D eigenvalue weighted by Gasteiger charge is 2.31. The number of likely N-dealkylation sites (N-methyl/N-ethyl adjacent to an activating group) is 1. The predicted octanol–water partition coefficient (Wildman–Crippen LogP) is 5.50. The molecule has 0 radical (unpaired) electrons. The van der Waals surface area contributed by atoms with Crippen LogP contribution in [0.2, 0.25) is 0 Å². The molecule has 3 heterocycles. The van der Waals surface area contributed by atoms with Crippen molar-refractivity contribution < 1.29 is 14.3 Å². The molecule has 1 unspecified atom stereocenters. The Kier molecular flexibility index (Phi) is 6.63. The molecule has 6 rings (SSSR count). The van der Waals surface area contributed by atoms with Crippen LogP contribution in [-0.2, 0) is 35.3 Å². The van der Waals surface area contributed by atoms with Gasteiger partial charge in [0.25, 0.3) is 5.91 Å². The van der Waals surface area contributed by atoms with E-state index in [2.05, 4.69) is 28.4 Å². The van der Waals surface area contributed by atoms with E-state index >= 15 is 0 Å². The van der Waals surface area contributed by atoms with Crippen LogP contribution in [0, 0.1) is 11.3 Å². The van der Waals surface area contributed by atoms with E-state index in [9.17, 15) is 14.9 Å². The Morgan fingerprint density at radius 3 is 2.74 bits per heavy atom. The Hall–Kier alpha value is -4.06. The zero-order valence-electron chi connectivity index (χ0n) is 21.9. The number of carbonyl (C=O) groups excluding carboxylic acids is 2. The molecular weight excluding hydrogens is 508 g/mol. The number of ether oxygens (including phenoxy) is 1. The normalized spacial score (nSPS) is 15.0. The molecule has 0 fully saturated rings. The number of para-hydroxylation sites is 1. The molecule has 1 aliphatic heterocycles. The fourth-order valence-corrected chi connectivity index (χ4v) is 6.87. The van der Waals surface area contributed by atoms with Gasteiger partial charge in [-0.25, -0.2) is 4.79 Å². The molecule has 2 aromatic heterocycles. The lowest BCUT2D eigenvalue weighted by Crippen LogP contribution is -2.34. The zero-order valence-corrected chi connectivity index (χ0v) is 22.7. The lowest BCUT2D eigenvalue weighted by Gasteiger charge is -2.27. The molecule has 0 saturated heterocycles. The first-order valence-corrected chi connectivity index (χ1v) is 14.0. The topological polar surface area (TPSA) is 95.3 Å². The van der Waals surface area contributed by atoms with Gasteiger partial charge in [0.1, 0.15) is 11.1 Å². The van der Waals surface area contributed by atoms with Crippen molar-refractivity contribution in [3.63, 3.8) is 0 Å². The third-order valence-electron chi connectivity index (χ3n) is 7.62. The van der Waals surface area contributed by atoms with Crippen molar-refractivity contribution in [3.8, 4) is 16.5 Å². The van der Waals surface area contributed by atoms with Crippen molar-refractivity contribution >= 4 is 39.1 Å². The van der Waals surface area contributed by atoms with Crippen LogP contribution in [0.25, 0.3) is 21.3 Å². The van der Waals surface area contributed by atoms with E-state index in [4.69, 9.17) is 9.72 Å². The smallest absolute Gasteiger partial charge is 0.340 e. The average molecular weight is 537 g/mol. The Balaban J connectivity index is 1.29. The summed E-state index contributed by atoms with van der Waals surface area (Å²) in [5.41, 5.74) is 6.81. The molecule has 1 amide bonds. The molecule has 196 valence electrons. The lowest BCUT2D eigenvalue weighted by atomic mass is 9.90.